The first-order chi connectivity index (χ1) is 8.65. The van der Waals surface area contributed by atoms with Gasteiger partial charge in [-0.2, -0.15) is 0 Å². The summed E-state index contributed by atoms with van der Waals surface area (Å²) in [6.45, 7) is 5.71. The smallest absolute Gasteiger partial charge is 0.236 e. The Kier molecular flexibility index (Phi) is 4.30. The number of thioether (sulfide) groups is 1. The summed E-state index contributed by atoms with van der Waals surface area (Å²) >= 11 is 1.75. The summed E-state index contributed by atoms with van der Waals surface area (Å²) in [7, 11) is 1.92. The number of hydrogen-bond donors (Lipinski definition) is 1. The first-order valence-electron chi connectivity index (χ1n) is 6.31. The molecule has 0 aliphatic carbocycles. The molecule has 0 spiro atoms. The molecule has 1 heterocycles. The van der Waals surface area contributed by atoms with Crippen LogP contribution in [0.4, 0.5) is 0 Å². The fourth-order valence-electron chi connectivity index (χ4n) is 2.24. The van der Waals surface area contributed by atoms with E-state index in [1.807, 2.05) is 31.0 Å². The van der Waals surface area contributed by atoms with Gasteiger partial charge in [0.1, 0.15) is 5.37 Å². The van der Waals surface area contributed by atoms with E-state index < -0.39 is 0 Å². The van der Waals surface area contributed by atoms with Gasteiger partial charge in [0.05, 0.1) is 5.25 Å². The lowest BCUT2D eigenvalue weighted by Crippen LogP contribution is -2.35. The Balaban J connectivity index is 2.25. The molecule has 1 fully saturated rings. The van der Waals surface area contributed by atoms with Gasteiger partial charge in [0.2, 0.25) is 5.91 Å². The van der Waals surface area contributed by atoms with Crippen molar-refractivity contribution in [1.29, 1.82) is 0 Å². The number of nitrogens with one attached hydrogen (secondary N) is 1. The highest BCUT2D eigenvalue weighted by Gasteiger charge is 2.38. The van der Waals surface area contributed by atoms with Crippen molar-refractivity contribution in [3.05, 3.63) is 35.4 Å². The first kappa shape index (κ1) is 13.4. The minimum absolute atomic E-state index is 0.0615. The fourth-order valence-corrected chi connectivity index (χ4v) is 3.64. The topological polar surface area (TPSA) is 32.3 Å². The Morgan fingerprint density at radius 2 is 2.11 bits per heavy atom. The van der Waals surface area contributed by atoms with E-state index >= 15 is 0 Å². The Labute approximate surface area is 113 Å². The second-order valence-electron chi connectivity index (χ2n) is 4.62. The summed E-state index contributed by atoms with van der Waals surface area (Å²) in [5.41, 5.74) is 2.52. The highest BCUT2D eigenvalue weighted by molar-refractivity contribution is 8.01. The van der Waals surface area contributed by atoms with Crippen LogP contribution in [0.2, 0.25) is 0 Å². The van der Waals surface area contributed by atoms with Crippen LogP contribution in [0.3, 0.4) is 0 Å². The van der Waals surface area contributed by atoms with Crippen molar-refractivity contribution < 1.29 is 4.79 Å². The fraction of sp³-hybridized carbons (Fsp3) is 0.500. The average molecular weight is 264 g/mol. The number of benzene rings is 1. The maximum atomic E-state index is 12.2. The summed E-state index contributed by atoms with van der Waals surface area (Å²) in [4.78, 5) is 14.2. The van der Waals surface area contributed by atoms with Gasteiger partial charge in [-0.05, 0) is 32.0 Å². The van der Waals surface area contributed by atoms with Crippen LogP contribution in [0.1, 0.15) is 23.4 Å². The molecule has 0 bridgehead atoms. The molecule has 1 amide bonds. The van der Waals surface area contributed by atoms with Gasteiger partial charge in [0, 0.05) is 13.1 Å². The van der Waals surface area contributed by atoms with Crippen LogP contribution in [0.5, 0.6) is 0 Å². The van der Waals surface area contributed by atoms with Gasteiger partial charge in [-0.1, -0.05) is 24.3 Å². The monoisotopic (exact) mass is 264 g/mol. The summed E-state index contributed by atoms with van der Waals surface area (Å²) in [5, 5.41) is 3.34. The number of amides is 1. The zero-order valence-corrected chi connectivity index (χ0v) is 12.0. The molecule has 1 saturated heterocycles. The third kappa shape index (κ3) is 2.54. The molecule has 1 aromatic rings. The molecule has 0 unspecified atom stereocenters. The van der Waals surface area contributed by atoms with Crippen molar-refractivity contribution in [2.24, 2.45) is 0 Å². The zero-order valence-electron chi connectivity index (χ0n) is 11.1. The standard InChI is InChI=1S/C14H20N2OS/c1-10-6-4-5-7-12(10)14-16(9-8-15-3)13(17)11(2)18-14/h4-7,11,14-15H,8-9H2,1-3H3/t11-,14+/m0/s1. The predicted octanol–water partition coefficient (Wildman–Crippen LogP) is 2.18. The number of nitrogens with zero attached hydrogens (tertiary/aromatic N) is 1. The van der Waals surface area contributed by atoms with E-state index in [4.69, 9.17) is 0 Å². The van der Waals surface area contributed by atoms with Crippen molar-refractivity contribution in [2.75, 3.05) is 20.1 Å². The molecule has 0 radical (unpaired) electrons. The van der Waals surface area contributed by atoms with Crippen molar-refractivity contribution in [3.63, 3.8) is 0 Å². The summed E-state index contributed by atoms with van der Waals surface area (Å²) in [6.07, 6.45) is 0. The van der Waals surface area contributed by atoms with Gasteiger partial charge in [0.25, 0.3) is 0 Å². The molecule has 1 aliphatic rings. The molecule has 18 heavy (non-hydrogen) atoms. The van der Waals surface area contributed by atoms with Crippen molar-refractivity contribution in [2.45, 2.75) is 24.5 Å². The van der Waals surface area contributed by atoms with Crippen LogP contribution in [-0.4, -0.2) is 36.2 Å². The highest BCUT2D eigenvalue weighted by Crippen LogP contribution is 2.43. The molecule has 1 aromatic carbocycles. The molecule has 2 atom stereocenters. The maximum absolute atomic E-state index is 12.2. The van der Waals surface area contributed by atoms with E-state index in [0.717, 1.165) is 13.1 Å². The minimum Gasteiger partial charge on any atom is -0.324 e. The van der Waals surface area contributed by atoms with Gasteiger partial charge in [-0.3, -0.25) is 4.79 Å². The van der Waals surface area contributed by atoms with Gasteiger partial charge in [-0.25, -0.2) is 0 Å². The van der Waals surface area contributed by atoms with Gasteiger partial charge >= 0.3 is 0 Å². The Hall–Kier alpha value is -1.00. The van der Waals surface area contributed by atoms with E-state index in [0.29, 0.717) is 0 Å². The third-order valence-corrected chi connectivity index (χ3v) is 4.68. The number of hydrogen-bond acceptors (Lipinski definition) is 3. The van der Waals surface area contributed by atoms with Crippen LogP contribution in [0.25, 0.3) is 0 Å². The molecule has 3 nitrogen and oxygen atoms in total. The quantitative estimate of drug-likeness (QED) is 0.904. The molecule has 4 heteroatoms. The van der Waals surface area contributed by atoms with E-state index in [1.54, 1.807) is 11.8 Å². The minimum atomic E-state index is 0.0615. The third-order valence-electron chi connectivity index (χ3n) is 3.30. The van der Waals surface area contributed by atoms with Crippen LogP contribution >= 0.6 is 11.8 Å². The molecule has 0 aromatic heterocycles. The largest absolute Gasteiger partial charge is 0.324 e. The molecular weight excluding hydrogens is 244 g/mol. The van der Waals surface area contributed by atoms with Crippen LogP contribution in [0, 0.1) is 6.92 Å². The maximum Gasteiger partial charge on any atom is 0.236 e. The summed E-state index contributed by atoms with van der Waals surface area (Å²) in [6, 6.07) is 8.33. The molecular formula is C14H20N2OS. The molecule has 0 saturated carbocycles. The van der Waals surface area contributed by atoms with Gasteiger partial charge in [-0.15, -0.1) is 11.8 Å². The second kappa shape index (κ2) is 5.76. The molecule has 1 N–H and O–H groups in total. The van der Waals surface area contributed by atoms with Crippen LogP contribution < -0.4 is 5.32 Å². The van der Waals surface area contributed by atoms with Crippen molar-refractivity contribution in [1.82, 2.24) is 10.2 Å². The first-order valence-corrected chi connectivity index (χ1v) is 7.25. The number of aryl methyl sites for hydroxylation is 1. The SMILES string of the molecule is CNCCN1C(=O)[C@H](C)S[C@@H]1c1ccccc1C. The van der Waals surface area contributed by atoms with Gasteiger partial charge < -0.3 is 10.2 Å². The number of carbonyl (C=O) groups excluding carboxylic acids is 1. The second-order valence-corrected chi connectivity index (χ2v) is 6.05. The van der Waals surface area contributed by atoms with E-state index in [2.05, 4.69) is 24.4 Å². The normalized spacial score (nSPS) is 23.7. The van der Waals surface area contributed by atoms with Crippen molar-refractivity contribution >= 4 is 17.7 Å². The average Bonchev–Trinajstić information content (AvgIpc) is 2.64. The van der Waals surface area contributed by atoms with E-state index in [1.165, 1.54) is 11.1 Å². The zero-order chi connectivity index (χ0) is 13.1. The Morgan fingerprint density at radius 3 is 2.78 bits per heavy atom. The lowest BCUT2D eigenvalue weighted by Gasteiger charge is -2.25. The van der Waals surface area contributed by atoms with Crippen LogP contribution in [-0.2, 0) is 4.79 Å². The lowest BCUT2D eigenvalue weighted by molar-refractivity contribution is -0.129. The summed E-state index contributed by atoms with van der Waals surface area (Å²) in [5.74, 6) is 0.253. The van der Waals surface area contributed by atoms with Gasteiger partial charge in [0.15, 0.2) is 0 Å². The Morgan fingerprint density at radius 1 is 1.39 bits per heavy atom. The Bertz CT molecular complexity index is 436. The molecule has 2 rings (SSSR count). The van der Waals surface area contributed by atoms with Crippen LogP contribution in [0.15, 0.2) is 24.3 Å². The highest BCUT2D eigenvalue weighted by atomic mass is 32.2. The predicted molar refractivity (Wildman–Crippen MR) is 76.6 cm³/mol. The summed E-state index contributed by atoms with van der Waals surface area (Å²) < 4.78 is 0. The molecule has 98 valence electrons. The lowest BCUT2D eigenvalue weighted by atomic mass is 10.1. The number of likely N-dealkylation sites (N-methyl/N-ethyl adjacent to an activating group) is 1. The number of rotatable bonds is 4. The van der Waals surface area contributed by atoms with E-state index in [-0.39, 0.29) is 16.5 Å². The van der Waals surface area contributed by atoms with E-state index in [9.17, 15) is 4.79 Å². The molecule has 1 aliphatic heterocycles. The van der Waals surface area contributed by atoms with Crippen molar-refractivity contribution in [3.8, 4) is 0 Å². The number of carbonyl (C=O) groups is 1.